The van der Waals surface area contributed by atoms with Gasteiger partial charge in [-0.15, -0.1) is 0 Å². The lowest BCUT2D eigenvalue weighted by Gasteiger charge is -2.15. The van der Waals surface area contributed by atoms with Crippen LogP contribution in [0, 0.1) is 11.2 Å². The molecule has 0 bridgehead atoms. The van der Waals surface area contributed by atoms with Crippen LogP contribution in [0.3, 0.4) is 0 Å². The highest BCUT2D eigenvalue weighted by atomic mass is 35.5. The first-order valence-electron chi connectivity index (χ1n) is 10.4. The first-order valence-corrected chi connectivity index (χ1v) is 10.8. The van der Waals surface area contributed by atoms with E-state index < -0.39 is 23.5 Å². The molecule has 8 nitrogen and oxygen atoms in total. The Morgan fingerprint density at radius 2 is 1.78 bits per heavy atom. The molecule has 0 aliphatic heterocycles. The first kappa shape index (κ1) is 27.1. The van der Waals surface area contributed by atoms with E-state index in [2.05, 4.69) is 37.8 Å². The fraction of sp³-hybridized carbons (Fsp3) is 0.0833. The van der Waals surface area contributed by atoms with Crippen LogP contribution in [-0.4, -0.2) is 28.1 Å². The molecule has 2 aromatic carbocycles. The molecule has 5 N–H and O–H groups in total. The molecule has 1 amide bonds. The van der Waals surface area contributed by atoms with Gasteiger partial charge in [-0.2, -0.15) is 18.2 Å². The Bertz CT molecular complexity index is 1360. The molecule has 0 unspecified atom stereocenters. The highest BCUT2D eigenvalue weighted by Crippen LogP contribution is 2.34. The van der Waals surface area contributed by atoms with Gasteiger partial charge in [0.2, 0.25) is 11.9 Å². The van der Waals surface area contributed by atoms with E-state index in [1.54, 1.807) is 7.05 Å². The molecular weight excluding hydrogens is 514 g/mol. The summed E-state index contributed by atoms with van der Waals surface area (Å²) in [6.45, 7) is 3.35. The van der Waals surface area contributed by atoms with Gasteiger partial charge in [-0.05, 0) is 42.0 Å². The molecule has 37 heavy (non-hydrogen) atoms. The van der Waals surface area contributed by atoms with Crippen LogP contribution in [0.15, 0.2) is 73.2 Å². The number of carbonyl (C=O) groups excluding carboxylic acids is 1. The predicted octanol–water partition coefficient (Wildman–Crippen LogP) is 5.86. The summed E-state index contributed by atoms with van der Waals surface area (Å²) >= 11 is 5.78. The van der Waals surface area contributed by atoms with Gasteiger partial charge in [0.15, 0.2) is 0 Å². The number of hydrogen-bond acceptors (Lipinski definition) is 7. The fourth-order valence-electron chi connectivity index (χ4n) is 3.07. The minimum absolute atomic E-state index is 0.0124. The maximum absolute atomic E-state index is 14.3. The van der Waals surface area contributed by atoms with E-state index in [0.717, 1.165) is 30.3 Å². The molecule has 0 spiro atoms. The van der Waals surface area contributed by atoms with E-state index in [4.69, 9.17) is 17.0 Å². The number of amides is 1. The lowest BCUT2D eigenvalue weighted by Crippen LogP contribution is -2.13. The van der Waals surface area contributed by atoms with Gasteiger partial charge < -0.3 is 21.3 Å². The standard InChI is InChI=1S/C24H20ClF4N7O/c1-3-20(37)33-16-8-15(26)9-17(10-16)34-22-18(13-4-6-14(7-5-13)24(27,28)29)11-32-23(36-22)35-19(12-31-2)21(25)30/h3-12,30-31H,1H2,2H3,(H,33,37)(H2,32,34,35,36)/b19-12+,30-21?. The molecule has 3 rings (SSSR count). The van der Waals surface area contributed by atoms with Crippen LogP contribution in [0.4, 0.5) is 40.7 Å². The van der Waals surface area contributed by atoms with Gasteiger partial charge >= 0.3 is 6.18 Å². The number of rotatable bonds is 9. The molecule has 0 aliphatic rings. The summed E-state index contributed by atoms with van der Waals surface area (Å²) in [5.74, 6) is -1.15. The summed E-state index contributed by atoms with van der Waals surface area (Å²) in [6.07, 6.45) is -0.751. The average molecular weight is 534 g/mol. The quantitative estimate of drug-likeness (QED) is 0.134. The highest BCUT2D eigenvalue weighted by molar-refractivity contribution is 6.68. The third-order valence-electron chi connectivity index (χ3n) is 4.70. The number of benzene rings is 2. The number of carbonyl (C=O) groups is 1. The molecule has 192 valence electrons. The minimum Gasteiger partial charge on any atom is -0.392 e. The van der Waals surface area contributed by atoms with E-state index in [1.807, 2.05) is 0 Å². The van der Waals surface area contributed by atoms with Crippen molar-refractivity contribution >= 4 is 45.8 Å². The number of allylic oxidation sites excluding steroid dienone is 1. The molecule has 0 radical (unpaired) electrons. The molecule has 0 fully saturated rings. The molecule has 1 aromatic heterocycles. The van der Waals surface area contributed by atoms with Crippen LogP contribution >= 0.6 is 11.6 Å². The van der Waals surface area contributed by atoms with Gasteiger partial charge in [-0.1, -0.05) is 30.3 Å². The minimum atomic E-state index is -4.51. The molecule has 0 saturated heterocycles. The molecule has 3 aromatic rings. The lowest BCUT2D eigenvalue weighted by molar-refractivity contribution is -0.137. The predicted molar refractivity (Wildman–Crippen MR) is 135 cm³/mol. The van der Waals surface area contributed by atoms with E-state index >= 15 is 0 Å². The maximum atomic E-state index is 14.3. The Balaban J connectivity index is 2.07. The first-order chi connectivity index (χ1) is 17.5. The van der Waals surface area contributed by atoms with Gasteiger partial charge in [0.1, 0.15) is 16.8 Å². The van der Waals surface area contributed by atoms with Crippen molar-refractivity contribution in [1.82, 2.24) is 15.3 Å². The zero-order chi connectivity index (χ0) is 27.2. The molecule has 0 saturated carbocycles. The Morgan fingerprint density at radius 3 is 2.38 bits per heavy atom. The van der Waals surface area contributed by atoms with Crippen LogP contribution < -0.4 is 21.3 Å². The zero-order valence-corrected chi connectivity index (χ0v) is 19.9. The van der Waals surface area contributed by atoms with Gasteiger partial charge in [-0.3, -0.25) is 10.2 Å². The van der Waals surface area contributed by atoms with E-state index in [-0.39, 0.29) is 34.0 Å². The number of anilines is 4. The van der Waals surface area contributed by atoms with Crippen molar-refractivity contribution < 1.29 is 22.4 Å². The second-order valence-electron chi connectivity index (χ2n) is 7.36. The Hall–Kier alpha value is -4.45. The molecule has 0 atom stereocenters. The third-order valence-corrected chi connectivity index (χ3v) is 4.90. The molecule has 0 aliphatic carbocycles. The smallest absolute Gasteiger partial charge is 0.392 e. The van der Waals surface area contributed by atoms with E-state index in [0.29, 0.717) is 11.1 Å². The van der Waals surface area contributed by atoms with Gasteiger partial charge in [0.25, 0.3) is 0 Å². The third kappa shape index (κ3) is 7.27. The van der Waals surface area contributed by atoms with Gasteiger partial charge in [-0.25, -0.2) is 9.37 Å². The monoisotopic (exact) mass is 533 g/mol. The molecular formula is C24H20ClF4N7O. The van der Waals surface area contributed by atoms with Gasteiger partial charge in [0.05, 0.1) is 11.3 Å². The normalized spacial score (nSPS) is 11.5. The van der Waals surface area contributed by atoms with Crippen molar-refractivity contribution in [1.29, 1.82) is 5.41 Å². The number of hydrogen-bond donors (Lipinski definition) is 5. The largest absolute Gasteiger partial charge is 0.416 e. The molecule has 13 heteroatoms. The summed E-state index contributed by atoms with van der Waals surface area (Å²) in [6, 6.07) is 7.99. The average Bonchev–Trinajstić information content (AvgIpc) is 2.83. The van der Waals surface area contributed by atoms with Crippen LogP contribution in [0.5, 0.6) is 0 Å². The van der Waals surface area contributed by atoms with Crippen molar-refractivity contribution in [2.75, 3.05) is 23.0 Å². The number of alkyl halides is 3. The summed E-state index contributed by atoms with van der Waals surface area (Å²) in [4.78, 5) is 20.2. The summed E-state index contributed by atoms with van der Waals surface area (Å²) < 4.78 is 53.4. The Morgan fingerprint density at radius 1 is 1.11 bits per heavy atom. The van der Waals surface area contributed by atoms with Crippen molar-refractivity contribution in [3.05, 3.63) is 84.6 Å². The summed E-state index contributed by atoms with van der Waals surface area (Å²) in [7, 11) is 1.59. The van der Waals surface area contributed by atoms with Crippen molar-refractivity contribution in [3.63, 3.8) is 0 Å². The number of aromatic nitrogens is 2. The number of halogens is 5. The zero-order valence-electron chi connectivity index (χ0n) is 19.2. The SMILES string of the molecule is C=CC(=O)Nc1cc(F)cc(Nc2nc(N/C(=C/NC)C(=N)Cl)ncc2-c2ccc(C(F)(F)F)cc2)c1. The number of nitrogens with one attached hydrogen (secondary N) is 5. The Kier molecular flexibility index (Phi) is 8.45. The number of nitrogens with zero attached hydrogens (tertiary/aromatic N) is 2. The van der Waals surface area contributed by atoms with Crippen molar-refractivity contribution in [2.45, 2.75) is 6.18 Å². The highest BCUT2D eigenvalue weighted by Gasteiger charge is 2.30. The second-order valence-corrected chi connectivity index (χ2v) is 7.74. The maximum Gasteiger partial charge on any atom is 0.416 e. The summed E-state index contributed by atoms with van der Waals surface area (Å²) in [5, 5.41) is 18.1. The second kappa shape index (κ2) is 11.5. The van der Waals surface area contributed by atoms with Crippen LogP contribution in [0.1, 0.15) is 5.56 Å². The van der Waals surface area contributed by atoms with E-state index in [1.165, 1.54) is 30.6 Å². The fourth-order valence-corrected chi connectivity index (χ4v) is 3.17. The van der Waals surface area contributed by atoms with Crippen molar-refractivity contribution in [3.8, 4) is 11.1 Å². The van der Waals surface area contributed by atoms with Crippen molar-refractivity contribution in [2.24, 2.45) is 0 Å². The van der Waals surface area contributed by atoms with Crippen LogP contribution in [0.25, 0.3) is 11.1 Å². The molecule has 1 heterocycles. The van der Waals surface area contributed by atoms with Gasteiger partial charge in [0, 0.05) is 36.4 Å². The lowest BCUT2D eigenvalue weighted by atomic mass is 10.1. The van der Waals surface area contributed by atoms with E-state index in [9.17, 15) is 22.4 Å². The topological polar surface area (TPSA) is 115 Å². The van der Waals surface area contributed by atoms with Crippen LogP contribution in [0.2, 0.25) is 0 Å². The Labute approximate surface area is 214 Å². The summed E-state index contributed by atoms with van der Waals surface area (Å²) in [5.41, 5.74) is 0.242. The van der Waals surface area contributed by atoms with Crippen LogP contribution in [-0.2, 0) is 11.0 Å².